The van der Waals surface area contributed by atoms with E-state index in [1.807, 2.05) is 7.05 Å². The van der Waals surface area contributed by atoms with Crippen molar-refractivity contribution in [3.05, 3.63) is 0 Å². The van der Waals surface area contributed by atoms with E-state index in [2.05, 4.69) is 15.5 Å². The second-order valence-corrected chi connectivity index (χ2v) is 5.70. The van der Waals surface area contributed by atoms with E-state index < -0.39 is 17.5 Å². The first kappa shape index (κ1) is 15.1. The maximum Gasteiger partial charge on any atom is 0.329 e. The molecule has 7 heteroatoms. The van der Waals surface area contributed by atoms with Crippen LogP contribution in [0, 0.1) is 0 Å². The predicted molar refractivity (Wildman–Crippen MR) is 72.6 cm³/mol. The molecule has 0 aromatic rings. The third-order valence-corrected chi connectivity index (χ3v) is 4.07. The SMILES string of the molecule is CN1CCCC(NC(=O)NC2(C(=O)O)CCOCC2)C1. The summed E-state index contributed by atoms with van der Waals surface area (Å²) in [5.41, 5.74) is -1.19. The second-order valence-electron chi connectivity index (χ2n) is 5.70. The molecule has 7 nitrogen and oxygen atoms in total. The molecule has 2 amide bonds. The Morgan fingerprint density at radius 1 is 1.35 bits per heavy atom. The van der Waals surface area contributed by atoms with Crippen LogP contribution < -0.4 is 10.6 Å². The Morgan fingerprint density at radius 3 is 2.65 bits per heavy atom. The van der Waals surface area contributed by atoms with Crippen LogP contribution in [-0.2, 0) is 9.53 Å². The van der Waals surface area contributed by atoms with Crippen molar-refractivity contribution in [1.82, 2.24) is 15.5 Å². The number of nitrogens with zero attached hydrogens (tertiary/aromatic N) is 1. The number of piperidine rings is 1. The van der Waals surface area contributed by atoms with Crippen molar-refractivity contribution in [2.24, 2.45) is 0 Å². The maximum atomic E-state index is 12.1. The summed E-state index contributed by atoms with van der Waals surface area (Å²) in [7, 11) is 2.02. The molecular weight excluding hydrogens is 262 g/mol. The maximum absolute atomic E-state index is 12.1. The summed E-state index contributed by atoms with van der Waals surface area (Å²) in [6.45, 7) is 2.56. The van der Waals surface area contributed by atoms with Gasteiger partial charge in [0.05, 0.1) is 0 Å². The number of hydrogen-bond donors (Lipinski definition) is 3. The number of rotatable bonds is 3. The number of carbonyl (C=O) groups is 2. The molecule has 0 aromatic carbocycles. The Morgan fingerprint density at radius 2 is 2.05 bits per heavy atom. The molecule has 114 valence electrons. The van der Waals surface area contributed by atoms with Crippen molar-refractivity contribution in [3.63, 3.8) is 0 Å². The lowest BCUT2D eigenvalue weighted by atomic mass is 9.90. The van der Waals surface area contributed by atoms with Gasteiger partial charge in [0.1, 0.15) is 5.54 Å². The normalized spacial score (nSPS) is 26.8. The van der Waals surface area contributed by atoms with Crippen molar-refractivity contribution in [2.75, 3.05) is 33.4 Å². The van der Waals surface area contributed by atoms with E-state index >= 15 is 0 Å². The number of likely N-dealkylation sites (N-methyl/N-ethyl adjacent to an activating group) is 1. The monoisotopic (exact) mass is 285 g/mol. The Hall–Kier alpha value is -1.34. The number of nitrogens with one attached hydrogen (secondary N) is 2. The lowest BCUT2D eigenvalue weighted by molar-refractivity contribution is -0.148. The predicted octanol–water partition coefficient (Wildman–Crippen LogP) is 0.0136. The summed E-state index contributed by atoms with van der Waals surface area (Å²) in [4.78, 5) is 25.7. The molecule has 2 rings (SSSR count). The van der Waals surface area contributed by atoms with Gasteiger partial charge >= 0.3 is 12.0 Å². The molecule has 0 spiro atoms. The lowest BCUT2D eigenvalue weighted by Crippen LogP contribution is -2.61. The number of urea groups is 1. The number of carbonyl (C=O) groups excluding carboxylic acids is 1. The van der Waals surface area contributed by atoms with E-state index in [0.29, 0.717) is 26.1 Å². The summed E-state index contributed by atoms with van der Waals surface area (Å²) in [6.07, 6.45) is 2.58. The molecule has 3 N–H and O–H groups in total. The summed E-state index contributed by atoms with van der Waals surface area (Å²) in [5, 5.41) is 14.9. The fourth-order valence-electron chi connectivity index (χ4n) is 2.84. The van der Waals surface area contributed by atoms with Gasteiger partial charge in [-0.1, -0.05) is 0 Å². The van der Waals surface area contributed by atoms with E-state index in [1.54, 1.807) is 0 Å². The molecule has 0 aromatic heterocycles. The molecule has 1 atom stereocenters. The van der Waals surface area contributed by atoms with Crippen LogP contribution >= 0.6 is 0 Å². The zero-order valence-electron chi connectivity index (χ0n) is 11.9. The van der Waals surface area contributed by atoms with E-state index in [-0.39, 0.29) is 6.04 Å². The molecule has 0 saturated carbocycles. The molecule has 1 unspecified atom stereocenters. The third kappa shape index (κ3) is 3.61. The van der Waals surface area contributed by atoms with Gasteiger partial charge in [0.2, 0.25) is 0 Å². The highest BCUT2D eigenvalue weighted by molar-refractivity contribution is 5.86. The lowest BCUT2D eigenvalue weighted by Gasteiger charge is -2.35. The van der Waals surface area contributed by atoms with Crippen molar-refractivity contribution < 1.29 is 19.4 Å². The second kappa shape index (κ2) is 6.41. The first-order chi connectivity index (χ1) is 9.52. The highest BCUT2D eigenvalue weighted by Crippen LogP contribution is 2.21. The number of hydrogen-bond acceptors (Lipinski definition) is 4. The Balaban J connectivity index is 1.90. The number of ether oxygens (including phenoxy) is 1. The van der Waals surface area contributed by atoms with Gasteiger partial charge in [0.25, 0.3) is 0 Å². The van der Waals surface area contributed by atoms with Crippen molar-refractivity contribution in [3.8, 4) is 0 Å². The minimum absolute atomic E-state index is 0.0828. The van der Waals surface area contributed by atoms with Crippen LogP contribution in [0.15, 0.2) is 0 Å². The Kier molecular flexibility index (Phi) is 4.82. The molecule has 2 heterocycles. The van der Waals surface area contributed by atoms with Crippen molar-refractivity contribution >= 4 is 12.0 Å². The molecule has 0 aliphatic carbocycles. The van der Waals surface area contributed by atoms with Crippen molar-refractivity contribution in [1.29, 1.82) is 0 Å². The van der Waals surface area contributed by atoms with Gasteiger partial charge in [0, 0.05) is 38.6 Å². The number of aliphatic carboxylic acids is 1. The number of carboxylic acids is 1. The van der Waals surface area contributed by atoms with Crippen LogP contribution in [0.3, 0.4) is 0 Å². The van der Waals surface area contributed by atoms with Gasteiger partial charge in [-0.2, -0.15) is 0 Å². The average Bonchev–Trinajstić information content (AvgIpc) is 2.39. The van der Waals surface area contributed by atoms with E-state index in [9.17, 15) is 14.7 Å². The zero-order valence-corrected chi connectivity index (χ0v) is 11.9. The Labute approximate surface area is 118 Å². The minimum Gasteiger partial charge on any atom is -0.480 e. The molecular formula is C13H23N3O4. The van der Waals surface area contributed by atoms with Gasteiger partial charge < -0.3 is 25.4 Å². The van der Waals surface area contributed by atoms with Crippen LogP contribution in [0.4, 0.5) is 4.79 Å². The number of likely N-dealkylation sites (tertiary alicyclic amines) is 1. The zero-order chi connectivity index (χ0) is 14.6. The smallest absolute Gasteiger partial charge is 0.329 e. The highest BCUT2D eigenvalue weighted by atomic mass is 16.5. The quantitative estimate of drug-likeness (QED) is 0.680. The van der Waals surface area contributed by atoms with E-state index in [1.165, 1.54) is 0 Å². The van der Waals surface area contributed by atoms with Crippen molar-refractivity contribution in [2.45, 2.75) is 37.3 Å². The van der Waals surface area contributed by atoms with Crippen LogP contribution in [0.5, 0.6) is 0 Å². The molecule has 0 bridgehead atoms. The summed E-state index contributed by atoms with van der Waals surface area (Å²) < 4.78 is 5.18. The molecule has 0 radical (unpaired) electrons. The summed E-state index contributed by atoms with van der Waals surface area (Å²) >= 11 is 0. The van der Waals surface area contributed by atoms with Crippen LogP contribution in [0.1, 0.15) is 25.7 Å². The van der Waals surface area contributed by atoms with Crippen LogP contribution in [0.25, 0.3) is 0 Å². The van der Waals surface area contributed by atoms with Gasteiger partial charge in [-0.15, -0.1) is 0 Å². The molecule has 2 aliphatic rings. The summed E-state index contributed by atoms with van der Waals surface area (Å²) in [5.74, 6) is -0.989. The van der Waals surface area contributed by atoms with Crippen LogP contribution in [-0.4, -0.2) is 66.9 Å². The first-order valence-corrected chi connectivity index (χ1v) is 7.10. The molecule has 2 aliphatic heterocycles. The minimum atomic E-state index is -1.19. The fraction of sp³-hybridized carbons (Fsp3) is 0.846. The first-order valence-electron chi connectivity index (χ1n) is 7.10. The van der Waals surface area contributed by atoms with Gasteiger partial charge in [-0.05, 0) is 26.4 Å². The molecule has 20 heavy (non-hydrogen) atoms. The third-order valence-electron chi connectivity index (χ3n) is 4.07. The highest BCUT2D eigenvalue weighted by Gasteiger charge is 2.41. The van der Waals surface area contributed by atoms with Gasteiger partial charge in [-0.3, -0.25) is 0 Å². The molecule has 2 fully saturated rings. The van der Waals surface area contributed by atoms with Gasteiger partial charge in [-0.25, -0.2) is 9.59 Å². The number of carboxylic acid groups (broad SMARTS) is 1. The molecule has 2 saturated heterocycles. The van der Waals surface area contributed by atoms with E-state index in [0.717, 1.165) is 25.9 Å². The van der Waals surface area contributed by atoms with E-state index in [4.69, 9.17) is 4.74 Å². The number of amides is 2. The topological polar surface area (TPSA) is 90.9 Å². The fourth-order valence-corrected chi connectivity index (χ4v) is 2.84. The standard InChI is InChI=1S/C13H23N3O4/c1-16-6-2-3-10(9-16)14-12(19)15-13(11(17)18)4-7-20-8-5-13/h10H,2-9H2,1H3,(H,17,18)(H2,14,15,19). The largest absolute Gasteiger partial charge is 0.480 e. The Bertz CT molecular complexity index is 369. The average molecular weight is 285 g/mol. The van der Waals surface area contributed by atoms with Gasteiger partial charge in [0.15, 0.2) is 0 Å². The summed E-state index contributed by atoms with van der Waals surface area (Å²) in [6, 6.07) is -0.311. The van der Waals surface area contributed by atoms with Crippen LogP contribution in [0.2, 0.25) is 0 Å².